The lowest BCUT2D eigenvalue weighted by molar-refractivity contribution is 0.790. The number of hydrogen-bond donors (Lipinski definition) is 0. The Kier molecular flexibility index (Phi) is 2.06. The summed E-state index contributed by atoms with van der Waals surface area (Å²) in [6.07, 6.45) is 0. The van der Waals surface area contributed by atoms with Gasteiger partial charge in [-0.15, -0.1) is 0 Å². The van der Waals surface area contributed by atoms with Crippen LogP contribution in [0.2, 0.25) is 0 Å². The van der Waals surface area contributed by atoms with Gasteiger partial charge in [0.15, 0.2) is 0 Å². The molecule has 14 heavy (non-hydrogen) atoms. The van der Waals surface area contributed by atoms with Gasteiger partial charge in [-0.05, 0) is 31.9 Å². The highest BCUT2D eigenvalue weighted by atomic mass is 15.0. The highest BCUT2D eigenvalue weighted by Crippen LogP contribution is 2.21. The molecule has 0 atom stereocenters. The van der Waals surface area contributed by atoms with Crippen LogP contribution in [0.1, 0.15) is 36.8 Å². The minimum atomic E-state index is 0.520. The molecule has 0 bridgehead atoms. The van der Waals surface area contributed by atoms with E-state index in [2.05, 4.69) is 55.3 Å². The lowest BCUT2D eigenvalue weighted by Gasteiger charge is -2.08. The molecule has 0 aliphatic rings. The summed E-state index contributed by atoms with van der Waals surface area (Å²) in [6.45, 7) is 8.63. The molecule has 0 spiro atoms. The molecule has 0 radical (unpaired) electrons. The van der Waals surface area contributed by atoms with Crippen LogP contribution in [0.25, 0.3) is 5.65 Å². The van der Waals surface area contributed by atoms with E-state index in [-0.39, 0.29) is 0 Å². The van der Waals surface area contributed by atoms with Crippen molar-refractivity contribution in [3.8, 4) is 0 Å². The van der Waals surface area contributed by atoms with E-state index < -0.39 is 0 Å². The highest BCUT2D eigenvalue weighted by molar-refractivity contribution is 5.45. The Morgan fingerprint density at radius 2 is 1.93 bits per heavy atom. The van der Waals surface area contributed by atoms with Crippen molar-refractivity contribution in [2.75, 3.05) is 0 Å². The van der Waals surface area contributed by atoms with Gasteiger partial charge in [-0.2, -0.15) is 0 Å². The van der Waals surface area contributed by atoms with Crippen molar-refractivity contribution in [3.63, 3.8) is 0 Å². The van der Waals surface area contributed by atoms with Gasteiger partial charge in [0.2, 0.25) is 0 Å². The monoisotopic (exact) mass is 188 g/mol. The second-order valence-corrected chi connectivity index (χ2v) is 4.10. The van der Waals surface area contributed by atoms with Crippen LogP contribution in [0, 0.1) is 13.8 Å². The number of aryl methyl sites for hydroxylation is 2. The van der Waals surface area contributed by atoms with Crippen LogP contribution in [0.4, 0.5) is 0 Å². The maximum absolute atomic E-state index is 4.56. The van der Waals surface area contributed by atoms with Gasteiger partial charge in [0, 0.05) is 11.4 Å². The summed E-state index contributed by atoms with van der Waals surface area (Å²) < 4.78 is 2.25. The fraction of sp³-hybridized carbons (Fsp3) is 0.417. The Balaban J connectivity index is 2.86. The van der Waals surface area contributed by atoms with Gasteiger partial charge in [0.05, 0.1) is 5.69 Å². The summed E-state index contributed by atoms with van der Waals surface area (Å²) in [4.78, 5) is 4.56. The molecule has 0 amide bonds. The van der Waals surface area contributed by atoms with Gasteiger partial charge in [0.1, 0.15) is 5.65 Å². The van der Waals surface area contributed by atoms with Crippen molar-refractivity contribution in [1.82, 2.24) is 9.38 Å². The number of fused-ring (bicyclic) bond motifs is 1. The Labute approximate surface area is 84.6 Å². The zero-order valence-electron chi connectivity index (χ0n) is 9.20. The summed E-state index contributed by atoms with van der Waals surface area (Å²) in [7, 11) is 0. The molecule has 2 heterocycles. The first-order chi connectivity index (χ1) is 6.61. The van der Waals surface area contributed by atoms with E-state index in [1.165, 1.54) is 11.4 Å². The van der Waals surface area contributed by atoms with E-state index in [1.807, 2.05) is 0 Å². The smallest absolute Gasteiger partial charge is 0.137 e. The number of hydrogen-bond acceptors (Lipinski definition) is 1. The molecule has 0 unspecified atom stereocenters. The van der Waals surface area contributed by atoms with Crippen LogP contribution in [0.15, 0.2) is 18.2 Å². The van der Waals surface area contributed by atoms with Gasteiger partial charge < -0.3 is 4.40 Å². The number of rotatable bonds is 1. The average Bonchev–Trinajstić information content (AvgIpc) is 2.42. The van der Waals surface area contributed by atoms with Gasteiger partial charge in [0.25, 0.3) is 0 Å². The molecule has 2 rings (SSSR count). The van der Waals surface area contributed by atoms with E-state index in [0.29, 0.717) is 5.92 Å². The molecular formula is C12H16N2. The molecule has 0 aliphatic heterocycles. The molecule has 2 aromatic heterocycles. The number of nitrogens with zero attached hydrogens (tertiary/aromatic N) is 2. The fourth-order valence-corrected chi connectivity index (χ4v) is 2.07. The van der Waals surface area contributed by atoms with E-state index in [1.54, 1.807) is 0 Å². The van der Waals surface area contributed by atoms with E-state index >= 15 is 0 Å². The van der Waals surface area contributed by atoms with Crippen LogP contribution < -0.4 is 0 Å². The molecular weight excluding hydrogens is 172 g/mol. The summed E-state index contributed by atoms with van der Waals surface area (Å²) in [6, 6.07) is 6.24. The predicted octanol–water partition coefficient (Wildman–Crippen LogP) is 3.07. The van der Waals surface area contributed by atoms with Gasteiger partial charge in [-0.3, -0.25) is 0 Å². The molecule has 0 saturated carbocycles. The number of imidazole rings is 1. The first-order valence-electron chi connectivity index (χ1n) is 5.06. The Hall–Kier alpha value is -1.31. The molecule has 0 fully saturated rings. The first-order valence-corrected chi connectivity index (χ1v) is 5.06. The quantitative estimate of drug-likeness (QED) is 0.672. The molecule has 2 aromatic rings. The van der Waals surface area contributed by atoms with Crippen molar-refractivity contribution in [3.05, 3.63) is 35.3 Å². The highest BCUT2D eigenvalue weighted by Gasteiger charge is 2.12. The largest absolute Gasteiger partial charge is 0.301 e. The summed E-state index contributed by atoms with van der Waals surface area (Å²) in [5.41, 5.74) is 4.80. The Bertz CT molecular complexity index is 466. The molecule has 0 aliphatic carbocycles. The van der Waals surface area contributed by atoms with E-state index in [0.717, 1.165) is 11.3 Å². The molecule has 0 aromatic carbocycles. The normalized spacial score (nSPS) is 11.5. The minimum absolute atomic E-state index is 0.520. The zero-order chi connectivity index (χ0) is 10.3. The van der Waals surface area contributed by atoms with Crippen LogP contribution in [-0.2, 0) is 0 Å². The summed E-state index contributed by atoms with van der Waals surface area (Å²) >= 11 is 0. The standard InChI is InChI=1S/C12H16N2/c1-8(2)12-10(4)13-11-7-5-6-9(3)14(11)12/h5-8H,1-4H3. The van der Waals surface area contributed by atoms with Gasteiger partial charge >= 0.3 is 0 Å². The fourth-order valence-electron chi connectivity index (χ4n) is 2.07. The zero-order valence-corrected chi connectivity index (χ0v) is 9.20. The SMILES string of the molecule is Cc1nc2cccc(C)n2c1C(C)C. The molecule has 74 valence electrons. The molecule has 0 N–H and O–H groups in total. The third-order valence-electron chi connectivity index (χ3n) is 2.61. The number of aromatic nitrogens is 2. The predicted molar refractivity (Wildman–Crippen MR) is 58.8 cm³/mol. The minimum Gasteiger partial charge on any atom is -0.301 e. The van der Waals surface area contributed by atoms with Crippen molar-refractivity contribution in [2.45, 2.75) is 33.6 Å². The maximum atomic E-state index is 4.56. The van der Waals surface area contributed by atoms with Crippen molar-refractivity contribution >= 4 is 5.65 Å². The van der Waals surface area contributed by atoms with Crippen LogP contribution in [0.5, 0.6) is 0 Å². The topological polar surface area (TPSA) is 17.3 Å². The Morgan fingerprint density at radius 3 is 2.57 bits per heavy atom. The van der Waals surface area contributed by atoms with Gasteiger partial charge in [-0.1, -0.05) is 19.9 Å². The van der Waals surface area contributed by atoms with Crippen molar-refractivity contribution < 1.29 is 0 Å². The maximum Gasteiger partial charge on any atom is 0.137 e. The molecule has 2 heteroatoms. The lowest BCUT2D eigenvalue weighted by Crippen LogP contribution is -1.99. The first kappa shape index (κ1) is 9.25. The summed E-state index contributed by atoms with van der Waals surface area (Å²) in [5, 5.41) is 0. The third kappa shape index (κ3) is 1.22. The number of pyridine rings is 1. The average molecular weight is 188 g/mol. The second kappa shape index (κ2) is 3.12. The van der Waals surface area contributed by atoms with E-state index in [4.69, 9.17) is 0 Å². The molecule has 0 saturated heterocycles. The van der Waals surface area contributed by atoms with Crippen molar-refractivity contribution in [2.24, 2.45) is 0 Å². The molecule has 2 nitrogen and oxygen atoms in total. The van der Waals surface area contributed by atoms with E-state index in [9.17, 15) is 0 Å². The van der Waals surface area contributed by atoms with Crippen LogP contribution >= 0.6 is 0 Å². The van der Waals surface area contributed by atoms with Crippen molar-refractivity contribution in [1.29, 1.82) is 0 Å². The summed E-state index contributed by atoms with van der Waals surface area (Å²) in [5.74, 6) is 0.520. The Morgan fingerprint density at radius 1 is 1.21 bits per heavy atom. The van der Waals surface area contributed by atoms with Crippen LogP contribution in [-0.4, -0.2) is 9.38 Å². The third-order valence-corrected chi connectivity index (χ3v) is 2.61. The van der Waals surface area contributed by atoms with Gasteiger partial charge in [-0.25, -0.2) is 4.98 Å². The van der Waals surface area contributed by atoms with Crippen LogP contribution in [0.3, 0.4) is 0 Å². The second-order valence-electron chi connectivity index (χ2n) is 4.10. The lowest BCUT2D eigenvalue weighted by atomic mass is 10.1.